The normalized spacial score (nSPS) is 18.8. The molecule has 0 radical (unpaired) electrons. The third kappa shape index (κ3) is 3.26. The van der Waals surface area contributed by atoms with Gasteiger partial charge in [0.05, 0.1) is 36.9 Å². The first kappa shape index (κ1) is 13.7. The second-order valence-electron chi connectivity index (χ2n) is 4.84. The summed E-state index contributed by atoms with van der Waals surface area (Å²) in [5.41, 5.74) is 0.943. The molecule has 0 spiro atoms. The highest BCUT2D eigenvalue weighted by Crippen LogP contribution is 2.26. The fraction of sp³-hybridized carbons (Fsp3) is 0.571. The smallest absolute Gasteiger partial charge is 0.122 e. The number of aryl methyl sites for hydroxylation is 1. The van der Waals surface area contributed by atoms with Gasteiger partial charge in [0.25, 0.3) is 0 Å². The van der Waals surface area contributed by atoms with Crippen LogP contribution in [0, 0.1) is 0 Å². The molecule has 2 aromatic rings. The van der Waals surface area contributed by atoms with Crippen LogP contribution in [0.5, 0.6) is 0 Å². The summed E-state index contributed by atoms with van der Waals surface area (Å²) in [5, 5.41) is 8.38. The molecule has 2 aromatic heterocycles. The van der Waals surface area contributed by atoms with Gasteiger partial charge in [-0.3, -0.25) is 0 Å². The molecule has 5 nitrogen and oxygen atoms in total. The van der Waals surface area contributed by atoms with E-state index >= 15 is 0 Å². The number of rotatable bonds is 6. The van der Waals surface area contributed by atoms with Gasteiger partial charge >= 0.3 is 0 Å². The minimum absolute atomic E-state index is 0.252. The molecule has 0 bridgehead atoms. The monoisotopic (exact) mass is 293 g/mol. The Morgan fingerprint density at radius 2 is 2.45 bits per heavy atom. The minimum Gasteiger partial charge on any atom is -0.379 e. The molecule has 0 aliphatic carbocycles. The lowest BCUT2D eigenvalue weighted by atomic mass is 10.3. The summed E-state index contributed by atoms with van der Waals surface area (Å²) >= 11 is 1.78. The standard InChI is InChI=1S/C14H19N3O2S/c1-2-12-3-4-14(20-12)13-9-17(16-15-13)6-8-19-11-5-7-18-10-11/h3-4,9,11H,2,5-8,10H2,1H3. The van der Waals surface area contributed by atoms with Crippen molar-refractivity contribution in [1.82, 2.24) is 15.0 Å². The molecule has 1 fully saturated rings. The number of ether oxygens (including phenoxy) is 2. The summed E-state index contributed by atoms with van der Waals surface area (Å²) in [4.78, 5) is 2.55. The fourth-order valence-corrected chi connectivity index (χ4v) is 3.08. The molecule has 3 heterocycles. The zero-order chi connectivity index (χ0) is 13.8. The maximum Gasteiger partial charge on any atom is 0.122 e. The topological polar surface area (TPSA) is 49.2 Å². The molecule has 3 rings (SSSR count). The zero-order valence-corrected chi connectivity index (χ0v) is 12.4. The van der Waals surface area contributed by atoms with Crippen LogP contribution in [0.3, 0.4) is 0 Å². The van der Waals surface area contributed by atoms with Crippen LogP contribution in [-0.4, -0.2) is 40.9 Å². The number of aromatic nitrogens is 3. The van der Waals surface area contributed by atoms with Gasteiger partial charge in [-0.2, -0.15) is 0 Å². The van der Waals surface area contributed by atoms with Crippen molar-refractivity contribution in [3.8, 4) is 10.6 Å². The molecular formula is C14H19N3O2S. The van der Waals surface area contributed by atoms with Crippen LogP contribution in [0.2, 0.25) is 0 Å². The van der Waals surface area contributed by atoms with Gasteiger partial charge < -0.3 is 9.47 Å². The molecule has 108 valence electrons. The summed E-state index contributed by atoms with van der Waals surface area (Å²) in [6, 6.07) is 4.27. The predicted octanol–water partition coefficient (Wildman–Crippen LogP) is 2.37. The molecule has 1 aliphatic heterocycles. The van der Waals surface area contributed by atoms with E-state index in [0.29, 0.717) is 6.61 Å². The Hall–Kier alpha value is -1.24. The Bertz CT molecular complexity index is 546. The SMILES string of the molecule is CCc1ccc(-c2cn(CCOC3CCOC3)nn2)s1. The third-order valence-electron chi connectivity index (χ3n) is 3.36. The number of nitrogens with zero attached hydrogens (tertiary/aromatic N) is 3. The minimum atomic E-state index is 0.252. The van der Waals surface area contributed by atoms with Gasteiger partial charge in [-0.1, -0.05) is 12.1 Å². The van der Waals surface area contributed by atoms with Gasteiger partial charge in [-0.25, -0.2) is 4.68 Å². The second kappa shape index (κ2) is 6.47. The van der Waals surface area contributed by atoms with Crippen molar-refractivity contribution in [1.29, 1.82) is 0 Å². The molecule has 1 aliphatic rings. The number of thiophene rings is 1. The average molecular weight is 293 g/mol. The van der Waals surface area contributed by atoms with E-state index in [1.165, 1.54) is 9.75 Å². The maximum atomic E-state index is 5.73. The highest BCUT2D eigenvalue weighted by atomic mass is 32.1. The van der Waals surface area contributed by atoms with Crippen LogP contribution in [0.1, 0.15) is 18.2 Å². The Morgan fingerprint density at radius 3 is 3.20 bits per heavy atom. The van der Waals surface area contributed by atoms with E-state index in [1.54, 1.807) is 11.3 Å². The van der Waals surface area contributed by atoms with Crippen LogP contribution in [-0.2, 0) is 22.4 Å². The second-order valence-corrected chi connectivity index (χ2v) is 6.01. The van der Waals surface area contributed by atoms with Gasteiger partial charge in [0.2, 0.25) is 0 Å². The van der Waals surface area contributed by atoms with Crippen molar-refractivity contribution in [2.75, 3.05) is 19.8 Å². The molecule has 0 amide bonds. The molecule has 0 aromatic carbocycles. The maximum absolute atomic E-state index is 5.73. The molecule has 1 atom stereocenters. The van der Waals surface area contributed by atoms with E-state index in [9.17, 15) is 0 Å². The van der Waals surface area contributed by atoms with Crippen molar-refractivity contribution >= 4 is 11.3 Å². The quantitative estimate of drug-likeness (QED) is 0.820. The molecule has 1 saturated heterocycles. The lowest BCUT2D eigenvalue weighted by Crippen LogP contribution is -2.16. The van der Waals surface area contributed by atoms with Crippen molar-refractivity contribution in [2.24, 2.45) is 0 Å². The summed E-state index contributed by atoms with van der Waals surface area (Å²) < 4.78 is 12.9. The van der Waals surface area contributed by atoms with E-state index in [1.807, 2.05) is 10.9 Å². The summed E-state index contributed by atoms with van der Waals surface area (Å²) in [7, 11) is 0. The van der Waals surface area contributed by atoms with Gasteiger partial charge in [-0.15, -0.1) is 16.4 Å². The Balaban J connectivity index is 1.53. The molecule has 0 saturated carbocycles. The van der Waals surface area contributed by atoms with Gasteiger partial charge in [0.15, 0.2) is 0 Å². The van der Waals surface area contributed by atoms with Gasteiger partial charge in [0, 0.05) is 11.5 Å². The summed E-state index contributed by atoms with van der Waals surface area (Å²) in [6.45, 7) is 5.08. The van der Waals surface area contributed by atoms with Crippen LogP contribution < -0.4 is 0 Å². The van der Waals surface area contributed by atoms with Crippen molar-refractivity contribution < 1.29 is 9.47 Å². The predicted molar refractivity (Wildman–Crippen MR) is 77.9 cm³/mol. The van der Waals surface area contributed by atoms with Crippen LogP contribution in [0.4, 0.5) is 0 Å². The van der Waals surface area contributed by atoms with Crippen molar-refractivity contribution in [3.05, 3.63) is 23.2 Å². The van der Waals surface area contributed by atoms with E-state index in [-0.39, 0.29) is 6.10 Å². The number of hydrogen-bond acceptors (Lipinski definition) is 5. The Labute approximate surface area is 122 Å². The lowest BCUT2D eigenvalue weighted by molar-refractivity contribution is 0.0369. The van der Waals surface area contributed by atoms with E-state index in [4.69, 9.17) is 9.47 Å². The van der Waals surface area contributed by atoms with E-state index in [2.05, 4.69) is 29.4 Å². The van der Waals surface area contributed by atoms with E-state index in [0.717, 1.165) is 38.3 Å². The van der Waals surface area contributed by atoms with Gasteiger partial charge in [0.1, 0.15) is 5.69 Å². The Kier molecular flexibility index (Phi) is 4.44. The third-order valence-corrected chi connectivity index (χ3v) is 4.62. The van der Waals surface area contributed by atoms with Crippen LogP contribution >= 0.6 is 11.3 Å². The average Bonchev–Trinajstić information content (AvgIpc) is 3.20. The first-order valence-electron chi connectivity index (χ1n) is 7.03. The van der Waals surface area contributed by atoms with Gasteiger partial charge in [-0.05, 0) is 25.0 Å². The highest BCUT2D eigenvalue weighted by Gasteiger charge is 2.15. The first-order chi connectivity index (χ1) is 9.85. The zero-order valence-electron chi connectivity index (χ0n) is 11.6. The molecule has 20 heavy (non-hydrogen) atoms. The van der Waals surface area contributed by atoms with E-state index < -0.39 is 0 Å². The number of hydrogen-bond donors (Lipinski definition) is 0. The van der Waals surface area contributed by atoms with Crippen LogP contribution in [0.25, 0.3) is 10.6 Å². The highest BCUT2D eigenvalue weighted by molar-refractivity contribution is 7.15. The molecular weight excluding hydrogens is 274 g/mol. The Morgan fingerprint density at radius 1 is 1.50 bits per heavy atom. The summed E-state index contributed by atoms with van der Waals surface area (Å²) in [5.74, 6) is 0. The van der Waals surface area contributed by atoms with Crippen LogP contribution in [0.15, 0.2) is 18.3 Å². The summed E-state index contributed by atoms with van der Waals surface area (Å²) in [6.07, 6.45) is 4.30. The molecule has 6 heteroatoms. The van der Waals surface area contributed by atoms with Crippen molar-refractivity contribution in [3.63, 3.8) is 0 Å². The fourth-order valence-electron chi connectivity index (χ4n) is 2.18. The molecule has 1 unspecified atom stereocenters. The lowest BCUT2D eigenvalue weighted by Gasteiger charge is -2.08. The molecule has 0 N–H and O–H groups in total. The van der Waals surface area contributed by atoms with Crippen molar-refractivity contribution in [2.45, 2.75) is 32.4 Å². The largest absolute Gasteiger partial charge is 0.379 e. The first-order valence-corrected chi connectivity index (χ1v) is 7.85.